The number of hydrogen-bond donors (Lipinski definition) is 0. The molecule has 2 rings (SSSR count). The molecule has 0 radical (unpaired) electrons. The van der Waals surface area contributed by atoms with Crippen LogP contribution in [-0.4, -0.2) is 4.92 Å². The molecule has 0 aliphatic heterocycles. The fraction of sp³-hybridized carbons (Fsp3) is 0.200. The Morgan fingerprint density at radius 3 is 2.35 bits per heavy atom. The average molecular weight is 346 g/mol. The van der Waals surface area contributed by atoms with Crippen molar-refractivity contribution < 1.29 is 22.8 Å². The molecular formula is C15H11ClF3NO3. The van der Waals surface area contributed by atoms with Gasteiger partial charge < -0.3 is 4.74 Å². The first-order valence-corrected chi connectivity index (χ1v) is 6.77. The summed E-state index contributed by atoms with van der Waals surface area (Å²) < 4.78 is 43.9. The van der Waals surface area contributed by atoms with Gasteiger partial charge in [0.2, 0.25) is 0 Å². The Bertz CT molecular complexity index is 775. The van der Waals surface area contributed by atoms with Crippen LogP contribution in [0.3, 0.4) is 0 Å². The van der Waals surface area contributed by atoms with Crippen molar-refractivity contribution >= 4 is 17.3 Å². The van der Waals surface area contributed by atoms with Crippen molar-refractivity contribution in [3.8, 4) is 11.5 Å². The Hall–Kier alpha value is -2.28. The summed E-state index contributed by atoms with van der Waals surface area (Å²) in [5.41, 5.74) is -0.304. The Labute approximate surface area is 134 Å². The van der Waals surface area contributed by atoms with Gasteiger partial charge in [-0.25, -0.2) is 0 Å². The van der Waals surface area contributed by atoms with Gasteiger partial charge in [0, 0.05) is 11.6 Å². The second-order valence-corrected chi connectivity index (χ2v) is 5.31. The van der Waals surface area contributed by atoms with Crippen LogP contribution in [0.15, 0.2) is 30.3 Å². The highest BCUT2D eigenvalue weighted by Gasteiger charge is 2.33. The van der Waals surface area contributed by atoms with Gasteiger partial charge in [-0.05, 0) is 43.7 Å². The SMILES string of the molecule is Cc1cc([N+](=O)[O-])c(C)cc1Oc1ccc(Cl)c(C(F)(F)F)c1. The second-order valence-electron chi connectivity index (χ2n) is 4.90. The number of nitro benzene ring substituents is 1. The lowest BCUT2D eigenvalue weighted by atomic mass is 10.1. The van der Waals surface area contributed by atoms with E-state index in [2.05, 4.69) is 0 Å². The van der Waals surface area contributed by atoms with E-state index in [1.807, 2.05) is 0 Å². The average Bonchev–Trinajstić information content (AvgIpc) is 2.43. The molecule has 4 nitrogen and oxygen atoms in total. The van der Waals surface area contributed by atoms with Gasteiger partial charge in [0.05, 0.1) is 15.5 Å². The summed E-state index contributed by atoms with van der Waals surface area (Å²) in [7, 11) is 0. The second kappa shape index (κ2) is 6.08. The van der Waals surface area contributed by atoms with Gasteiger partial charge in [-0.3, -0.25) is 10.1 Å². The summed E-state index contributed by atoms with van der Waals surface area (Å²) in [5, 5.41) is 10.4. The topological polar surface area (TPSA) is 52.4 Å². The molecule has 0 saturated heterocycles. The van der Waals surface area contributed by atoms with Gasteiger partial charge >= 0.3 is 6.18 Å². The molecule has 0 amide bonds. The van der Waals surface area contributed by atoms with Gasteiger partial charge in [0.25, 0.3) is 5.69 Å². The monoisotopic (exact) mass is 345 g/mol. The first-order chi connectivity index (χ1) is 10.6. The van der Waals surface area contributed by atoms with Gasteiger partial charge in [0.15, 0.2) is 0 Å². The summed E-state index contributed by atoms with van der Waals surface area (Å²) in [6.45, 7) is 3.09. The van der Waals surface area contributed by atoms with Gasteiger partial charge in [-0.1, -0.05) is 11.6 Å². The largest absolute Gasteiger partial charge is 0.457 e. The number of benzene rings is 2. The predicted molar refractivity (Wildman–Crippen MR) is 79.1 cm³/mol. The van der Waals surface area contributed by atoms with E-state index in [4.69, 9.17) is 16.3 Å². The number of rotatable bonds is 3. The third-order valence-corrected chi connectivity index (χ3v) is 3.49. The third-order valence-electron chi connectivity index (χ3n) is 3.16. The van der Waals surface area contributed by atoms with E-state index in [9.17, 15) is 23.3 Å². The van der Waals surface area contributed by atoms with Crippen molar-refractivity contribution in [2.75, 3.05) is 0 Å². The minimum absolute atomic E-state index is 0.0573. The molecule has 0 unspecified atom stereocenters. The molecule has 122 valence electrons. The van der Waals surface area contributed by atoms with E-state index in [1.165, 1.54) is 25.1 Å². The van der Waals surface area contributed by atoms with Crippen LogP contribution in [0.4, 0.5) is 18.9 Å². The van der Waals surface area contributed by atoms with E-state index in [0.717, 1.165) is 12.1 Å². The normalized spacial score (nSPS) is 11.4. The number of halogens is 4. The van der Waals surface area contributed by atoms with E-state index in [-0.39, 0.29) is 17.2 Å². The van der Waals surface area contributed by atoms with Crippen LogP contribution in [-0.2, 0) is 6.18 Å². The molecule has 0 heterocycles. The molecule has 0 aliphatic rings. The molecule has 2 aromatic carbocycles. The van der Waals surface area contributed by atoms with Crippen LogP contribution < -0.4 is 4.74 Å². The molecule has 0 N–H and O–H groups in total. The number of aryl methyl sites for hydroxylation is 2. The maximum Gasteiger partial charge on any atom is 0.417 e. The molecule has 0 atom stereocenters. The summed E-state index contributed by atoms with van der Waals surface area (Å²) in [6, 6.07) is 5.90. The van der Waals surface area contributed by atoms with Crippen LogP contribution >= 0.6 is 11.6 Å². The lowest BCUT2D eigenvalue weighted by molar-refractivity contribution is -0.385. The summed E-state index contributed by atoms with van der Waals surface area (Å²) in [4.78, 5) is 10.3. The molecule has 2 aromatic rings. The quantitative estimate of drug-likeness (QED) is 0.531. The Balaban J connectivity index is 2.40. The maximum absolute atomic E-state index is 12.8. The first kappa shape index (κ1) is 17.1. The summed E-state index contributed by atoms with van der Waals surface area (Å²) >= 11 is 5.55. The molecule has 0 fully saturated rings. The molecule has 0 aliphatic carbocycles. The maximum atomic E-state index is 12.8. The highest BCUT2D eigenvalue weighted by molar-refractivity contribution is 6.31. The lowest BCUT2D eigenvalue weighted by Crippen LogP contribution is -2.06. The Morgan fingerprint density at radius 1 is 1.13 bits per heavy atom. The van der Waals surface area contributed by atoms with Gasteiger partial charge in [-0.15, -0.1) is 0 Å². The molecule has 0 bridgehead atoms. The zero-order valence-electron chi connectivity index (χ0n) is 12.1. The number of ether oxygens (including phenoxy) is 1. The third kappa shape index (κ3) is 3.73. The number of hydrogen-bond acceptors (Lipinski definition) is 3. The lowest BCUT2D eigenvalue weighted by Gasteiger charge is -2.13. The van der Waals surface area contributed by atoms with Crippen molar-refractivity contribution in [1.82, 2.24) is 0 Å². The van der Waals surface area contributed by atoms with Gasteiger partial charge in [-0.2, -0.15) is 13.2 Å². The predicted octanol–water partition coefficient (Wildman–Crippen LogP) is 5.68. The number of alkyl halides is 3. The highest BCUT2D eigenvalue weighted by atomic mass is 35.5. The van der Waals surface area contributed by atoms with Crippen molar-refractivity contribution in [2.24, 2.45) is 0 Å². The molecule has 0 saturated carbocycles. The minimum atomic E-state index is -4.60. The van der Waals surface area contributed by atoms with E-state index >= 15 is 0 Å². The van der Waals surface area contributed by atoms with Crippen molar-refractivity contribution in [3.63, 3.8) is 0 Å². The Morgan fingerprint density at radius 2 is 1.78 bits per heavy atom. The number of nitro groups is 1. The van der Waals surface area contributed by atoms with Crippen LogP contribution in [0.25, 0.3) is 0 Å². The van der Waals surface area contributed by atoms with E-state index in [1.54, 1.807) is 6.92 Å². The van der Waals surface area contributed by atoms with Crippen LogP contribution in [0.2, 0.25) is 5.02 Å². The summed E-state index contributed by atoms with van der Waals surface area (Å²) in [5.74, 6) is 0.182. The van der Waals surface area contributed by atoms with Crippen LogP contribution in [0, 0.1) is 24.0 Å². The highest BCUT2D eigenvalue weighted by Crippen LogP contribution is 2.38. The molecule has 8 heteroatoms. The zero-order valence-corrected chi connectivity index (χ0v) is 12.8. The summed E-state index contributed by atoms with van der Waals surface area (Å²) in [6.07, 6.45) is -4.60. The van der Waals surface area contributed by atoms with Crippen LogP contribution in [0.1, 0.15) is 16.7 Å². The first-order valence-electron chi connectivity index (χ1n) is 6.40. The van der Waals surface area contributed by atoms with Crippen molar-refractivity contribution in [2.45, 2.75) is 20.0 Å². The van der Waals surface area contributed by atoms with Crippen molar-refractivity contribution in [1.29, 1.82) is 0 Å². The molecule has 23 heavy (non-hydrogen) atoms. The fourth-order valence-corrected chi connectivity index (χ4v) is 2.22. The molecular weight excluding hydrogens is 335 g/mol. The number of nitrogens with zero attached hydrogens (tertiary/aromatic N) is 1. The molecule has 0 aromatic heterocycles. The van der Waals surface area contributed by atoms with E-state index in [0.29, 0.717) is 11.1 Å². The zero-order chi connectivity index (χ0) is 17.4. The minimum Gasteiger partial charge on any atom is -0.457 e. The molecule has 0 spiro atoms. The van der Waals surface area contributed by atoms with Gasteiger partial charge in [0.1, 0.15) is 11.5 Å². The van der Waals surface area contributed by atoms with E-state index < -0.39 is 21.7 Å². The fourth-order valence-electron chi connectivity index (χ4n) is 1.99. The standard InChI is InChI=1S/C15H11ClF3NO3/c1-8-6-14(9(2)5-13(8)20(21)22)23-10-3-4-12(16)11(7-10)15(17,18)19/h3-7H,1-2H3. The smallest absolute Gasteiger partial charge is 0.417 e. The Kier molecular flexibility index (Phi) is 4.51. The van der Waals surface area contributed by atoms with Crippen LogP contribution in [0.5, 0.6) is 11.5 Å². The van der Waals surface area contributed by atoms with Crippen molar-refractivity contribution in [3.05, 3.63) is 62.2 Å².